The first-order valence-electron chi connectivity index (χ1n) is 5.07. The van der Waals surface area contributed by atoms with E-state index in [0.29, 0.717) is 11.3 Å². The first-order chi connectivity index (χ1) is 7.50. The summed E-state index contributed by atoms with van der Waals surface area (Å²) in [6.45, 7) is 3.29. The van der Waals surface area contributed by atoms with Crippen LogP contribution in [0.1, 0.15) is 18.1 Å². The molecule has 0 saturated carbocycles. The molecule has 16 heavy (non-hydrogen) atoms. The first-order valence-corrected chi connectivity index (χ1v) is 5.07. The summed E-state index contributed by atoms with van der Waals surface area (Å²) in [5.41, 5.74) is 0.995. The molecule has 0 radical (unpaired) electrons. The van der Waals surface area contributed by atoms with Gasteiger partial charge in [-0.05, 0) is 25.5 Å². The van der Waals surface area contributed by atoms with Crippen LogP contribution in [0.25, 0.3) is 0 Å². The smallest absolute Gasteiger partial charge is 0.102 e. The van der Waals surface area contributed by atoms with Gasteiger partial charge in [0.2, 0.25) is 0 Å². The number of aliphatic hydroxyl groups is 2. The molecule has 1 atom stereocenters. The minimum atomic E-state index is -1.19. The normalized spacial score (nSPS) is 13.9. The maximum absolute atomic E-state index is 9.64. The number of hydrogen-bond donors (Lipinski definition) is 3. The second kappa shape index (κ2) is 4.97. The van der Waals surface area contributed by atoms with Crippen molar-refractivity contribution >= 4 is 5.69 Å². The Morgan fingerprint density at radius 1 is 1.50 bits per heavy atom. The second-order valence-electron chi connectivity index (χ2n) is 4.12. The molecule has 0 aliphatic carbocycles. The number of nitriles is 1. The molecule has 0 aromatic heterocycles. The highest BCUT2D eigenvalue weighted by molar-refractivity contribution is 5.62. The zero-order valence-corrected chi connectivity index (χ0v) is 9.49. The summed E-state index contributed by atoms with van der Waals surface area (Å²) in [7, 11) is 0. The molecule has 0 saturated heterocycles. The summed E-state index contributed by atoms with van der Waals surface area (Å²) in [6, 6.07) is 7.49. The van der Waals surface area contributed by atoms with Gasteiger partial charge in [0, 0.05) is 6.54 Å². The molecule has 0 aliphatic heterocycles. The van der Waals surface area contributed by atoms with Crippen molar-refractivity contribution in [3.63, 3.8) is 0 Å². The molecule has 0 bridgehead atoms. The number of benzene rings is 1. The van der Waals surface area contributed by atoms with Gasteiger partial charge < -0.3 is 15.5 Å². The molecular formula is C12H16N2O2. The number of nitrogens with one attached hydrogen (secondary N) is 1. The largest absolute Gasteiger partial charge is 0.393 e. The Morgan fingerprint density at radius 2 is 2.19 bits per heavy atom. The standard InChI is InChI=1S/C12H16N2O2/c1-9-4-3-5-10(6-13)11(9)14-7-12(2,16)8-15/h3-5,14-16H,7-8H2,1-2H3. The average Bonchev–Trinajstić information content (AvgIpc) is 2.27. The van der Waals surface area contributed by atoms with Crippen molar-refractivity contribution in [2.24, 2.45) is 0 Å². The molecule has 1 aromatic carbocycles. The van der Waals surface area contributed by atoms with Gasteiger partial charge in [-0.2, -0.15) is 5.26 Å². The fraction of sp³-hybridized carbons (Fsp3) is 0.417. The zero-order valence-electron chi connectivity index (χ0n) is 9.49. The third kappa shape index (κ3) is 2.96. The van der Waals surface area contributed by atoms with Gasteiger partial charge in [-0.25, -0.2) is 0 Å². The van der Waals surface area contributed by atoms with Crippen LogP contribution in [0.2, 0.25) is 0 Å². The number of anilines is 1. The molecule has 0 heterocycles. The van der Waals surface area contributed by atoms with E-state index in [-0.39, 0.29) is 13.2 Å². The van der Waals surface area contributed by atoms with Crippen molar-refractivity contribution in [1.29, 1.82) is 5.26 Å². The molecule has 1 aromatic rings. The predicted molar refractivity (Wildman–Crippen MR) is 62.1 cm³/mol. The third-order valence-corrected chi connectivity index (χ3v) is 2.38. The molecule has 4 heteroatoms. The SMILES string of the molecule is Cc1cccc(C#N)c1NCC(C)(O)CO. The maximum atomic E-state index is 9.64. The van der Waals surface area contributed by atoms with Crippen LogP contribution in [-0.2, 0) is 0 Å². The molecule has 4 nitrogen and oxygen atoms in total. The number of hydrogen-bond acceptors (Lipinski definition) is 4. The Hall–Kier alpha value is -1.57. The summed E-state index contributed by atoms with van der Waals surface area (Å²) in [4.78, 5) is 0. The lowest BCUT2D eigenvalue weighted by Crippen LogP contribution is -2.37. The number of nitrogens with zero attached hydrogens (tertiary/aromatic N) is 1. The van der Waals surface area contributed by atoms with Crippen molar-refractivity contribution < 1.29 is 10.2 Å². The molecule has 0 aliphatic rings. The van der Waals surface area contributed by atoms with E-state index in [4.69, 9.17) is 10.4 Å². The lowest BCUT2D eigenvalue weighted by molar-refractivity contribution is 0.0132. The Kier molecular flexibility index (Phi) is 3.88. The third-order valence-electron chi connectivity index (χ3n) is 2.38. The fourth-order valence-electron chi connectivity index (χ4n) is 1.33. The molecule has 1 unspecified atom stereocenters. The van der Waals surface area contributed by atoms with Crippen LogP contribution in [0.5, 0.6) is 0 Å². The molecule has 0 spiro atoms. The van der Waals surface area contributed by atoms with Gasteiger partial charge >= 0.3 is 0 Å². The second-order valence-corrected chi connectivity index (χ2v) is 4.12. The van der Waals surface area contributed by atoms with Crippen molar-refractivity contribution in [1.82, 2.24) is 0 Å². The summed E-state index contributed by atoms with van der Waals surface area (Å²) < 4.78 is 0. The molecule has 0 amide bonds. The van der Waals surface area contributed by atoms with Crippen LogP contribution >= 0.6 is 0 Å². The van der Waals surface area contributed by atoms with Crippen molar-refractivity contribution in [3.8, 4) is 6.07 Å². The summed E-state index contributed by atoms with van der Waals surface area (Å²) in [5, 5.41) is 30.5. The van der Waals surface area contributed by atoms with Crippen molar-refractivity contribution in [2.45, 2.75) is 19.4 Å². The van der Waals surface area contributed by atoms with Gasteiger partial charge in [0.1, 0.15) is 11.7 Å². The van der Waals surface area contributed by atoms with Gasteiger partial charge in [0.05, 0.1) is 17.9 Å². The predicted octanol–water partition coefficient (Wildman–Crippen LogP) is 1.02. The highest BCUT2D eigenvalue weighted by Gasteiger charge is 2.19. The molecule has 3 N–H and O–H groups in total. The zero-order chi connectivity index (χ0) is 12.2. The van der Waals surface area contributed by atoms with Crippen LogP contribution in [0.3, 0.4) is 0 Å². The molecule has 86 valence electrons. The lowest BCUT2D eigenvalue weighted by Gasteiger charge is -2.22. The Balaban J connectivity index is 2.86. The van der Waals surface area contributed by atoms with Crippen molar-refractivity contribution in [2.75, 3.05) is 18.5 Å². The van der Waals surface area contributed by atoms with E-state index in [1.807, 2.05) is 19.1 Å². The topological polar surface area (TPSA) is 76.3 Å². The number of rotatable bonds is 4. The summed E-state index contributed by atoms with van der Waals surface area (Å²) >= 11 is 0. The van der Waals surface area contributed by atoms with Crippen LogP contribution in [0.4, 0.5) is 5.69 Å². The van der Waals surface area contributed by atoms with E-state index in [0.717, 1.165) is 5.56 Å². The molecule has 1 rings (SSSR count). The Morgan fingerprint density at radius 3 is 2.75 bits per heavy atom. The monoisotopic (exact) mass is 220 g/mol. The number of aryl methyl sites for hydroxylation is 1. The van der Waals surface area contributed by atoms with Gasteiger partial charge in [-0.3, -0.25) is 0 Å². The van der Waals surface area contributed by atoms with E-state index in [1.54, 1.807) is 6.07 Å². The van der Waals surface area contributed by atoms with Gasteiger partial charge in [-0.15, -0.1) is 0 Å². The van der Waals surface area contributed by atoms with Crippen LogP contribution in [0, 0.1) is 18.3 Å². The van der Waals surface area contributed by atoms with Gasteiger partial charge in [-0.1, -0.05) is 12.1 Å². The van der Waals surface area contributed by atoms with E-state index < -0.39 is 5.60 Å². The highest BCUT2D eigenvalue weighted by Crippen LogP contribution is 2.20. The maximum Gasteiger partial charge on any atom is 0.102 e. The first kappa shape index (κ1) is 12.5. The molecular weight excluding hydrogens is 204 g/mol. The van der Waals surface area contributed by atoms with Crippen molar-refractivity contribution in [3.05, 3.63) is 29.3 Å². The van der Waals surface area contributed by atoms with E-state index in [2.05, 4.69) is 11.4 Å². The average molecular weight is 220 g/mol. The summed E-state index contributed by atoms with van der Waals surface area (Å²) in [6.07, 6.45) is 0. The van der Waals surface area contributed by atoms with E-state index >= 15 is 0 Å². The minimum Gasteiger partial charge on any atom is -0.393 e. The minimum absolute atomic E-state index is 0.197. The van der Waals surface area contributed by atoms with Gasteiger partial charge in [0.25, 0.3) is 0 Å². The van der Waals surface area contributed by atoms with Crippen LogP contribution < -0.4 is 5.32 Å². The van der Waals surface area contributed by atoms with Gasteiger partial charge in [0.15, 0.2) is 0 Å². The quantitative estimate of drug-likeness (QED) is 0.708. The Bertz CT molecular complexity index is 408. The highest BCUT2D eigenvalue weighted by atomic mass is 16.3. The fourth-order valence-corrected chi connectivity index (χ4v) is 1.33. The van der Waals surface area contributed by atoms with E-state index in [1.165, 1.54) is 6.92 Å². The van der Waals surface area contributed by atoms with E-state index in [9.17, 15) is 5.11 Å². The lowest BCUT2D eigenvalue weighted by atomic mass is 10.1. The van der Waals surface area contributed by atoms with Crippen LogP contribution in [0.15, 0.2) is 18.2 Å². The van der Waals surface area contributed by atoms with Crippen LogP contribution in [-0.4, -0.2) is 29.0 Å². The Labute approximate surface area is 95.2 Å². The number of para-hydroxylation sites is 1. The number of aliphatic hydroxyl groups excluding tert-OH is 1. The molecule has 0 fully saturated rings. The summed E-state index contributed by atoms with van der Waals surface area (Å²) in [5.74, 6) is 0.